The molecule has 0 aromatic carbocycles. The molecule has 150 valence electrons. The van der Waals surface area contributed by atoms with E-state index >= 15 is 0 Å². The number of esters is 1. The summed E-state index contributed by atoms with van der Waals surface area (Å²) in [4.78, 5) is 37.9. The van der Waals surface area contributed by atoms with Gasteiger partial charge in [0.15, 0.2) is 0 Å². The average Bonchev–Trinajstić information content (AvgIpc) is 2.49. The fourth-order valence-corrected chi connectivity index (χ4v) is 2.62. The molecule has 10 heteroatoms. The standard InChI is InChI=1S/C16H25Cl3N2O5/c1-10(20-14(24)26-15(2,3)4)12(22)21-7-5-6-11(8-21)13(23)25-9-16(17,18)19/h10-11H,5-9H2,1-4H3,(H,20,24)/t10-,11+/m0/s1. The quantitative estimate of drug-likeness (QED) is 0.546. The molecule has 1 aliphatic rings. The number of amides is 2. The maximum absolute atomic E-state index is 12.5. The van der Waals surface area contributed by atoms with Crippen molar-refractivity contribution >= 4 is 52.8 Å². The Labute approximate surface area is 168 Å². The zero-order chi connectivity index (χ0) is 20.1. The number of piperidine rings is 1. The van der Waals surface area contributed by atoms with Crippen molar-refractivity contribution in [2.24, 2.45) is 5.92 Å². The number of likely N-dealkylation sites (tertiary alicyclic amines) is 1. The zero-order valence-corrected chi connectivity index (χ0v) is 17.6. The lowest BCUT2D eigenvalue weighted by molar-refractivity contribution is -0.152. The van der Waals surface area contributed by atoms with Gasteiger partial charge in [-0.1, -0.05) is 34.8 Å². The SMILES string of the molecule is C[C@H](NC(=O)OC(C)(C)C)C(=O)N1CCC[C@@H](C(=O)OCC(Cl)(Cl)Cl)C1. The van der Waals surface area contributed by atoms with Gasteiger partial charge < -0.3 is 19.7 Å². The highest BCUT2D eigenvalue weighted by Gasteiger charge is 2.33. The number of hydrogen-bond donors (Lipinski definition) is 1. The first kappa shape index (κ1) is 23.1. The Hall–Kier alpha value is -0.920. The molecule has 7 nitrogen and oxygen atoms in total. The van der Waals surface area contributed by atoms with Gasteiger partial charge in [-0.15, -0.1) is 0 Å². The minimum atomic E-state index is -1.67. The molecule has 0 aromatic heterocycles. The molecule has 0 bridgehead atoms. The molecule has 0 radical (unpaired) electrons. The normalized spacial score (nSPS) is 19.5. The number of nitrogens with one attached hydrogen (secondary N) is 1. The van der Waals surface area contributed by atoms with E-state index < -0.39 is 33.4 Å². The molecule has 1 aliphatic heterocycles. The van der Waals surface area contributed by atoms with Crippen LogP contribution in [0.2, 0.25) is 0 Å². The minimum Gasteiger partial charge on any atom is -0.461 e. The van der Waals surface area contributed by atoms with Crippen molar-refractivity contribution in [2.75, 3.05) is 19.7 Å². The van der Waals surface area contributed by atoms with E-state index in [-0.39, 0.29) is 19.1 Å². The summed E-state index contributed by atoms with van der Waals surface area (Å²) in [6, 6.07) is -0.777. The second kappa shape index (κ2) is 9.33. The van der Waals surface area contributed by atoms with Gasteiger partial charge in [0, 0.05) is 13.1 Å². The lowest BCUT2D eigenvalue weighted by Crippen LogP contribution is -2.51. The predicted molar refractivity (Wildman–Crippen MR) is 99.4 cm³/mol. The molecule has 1 N–H and O–H groups in total. The van der Waals surface area contributed by atoms with Crippen LogP contribution in [-0.4, -0.2) is 58.0 Å². The van der Waals surface area contributed by atoms with Gasteiger partial charge in [0.2, 0.25) is 9.70 Å². The maximum Gasteiger partial charge on any atom is 0.408 e. The molecule has 1 fully saturated rings. The minimum absolute atomic E-state index is 0.192. The van der Waals surface area contributed by atoms with E-state index in [1.165, 1.54) is 4.90 Å². The van der Waals surface area contributed by atoms with Crippen LogP contribution in [-0.2, 0) is 19.1 Å². The van der Waals surface area contributed by atoms with E-state index in [9.17, 15) is 14.4 Å². The second-order valence-corrected chi connectivity index (χ2v) is 9.73. The number of alkyl halides is 3. The number of carbonyl (C=O) groups excluding carboxylic acids is 3. The van der Waals surface area contributed by atoms with Crippen LogP contribution in [0, 0.1) is 5.92 Å². The fourth-order valence-electron chi connectivity index (χ4n) is 2.46. The summed E-state index contributed by atoms with van der Waals surface area (Å²) in [7, 11) is 0. The van der Waals surface area contributed by atoms with Crippen LogP contribution in [0.1, 0.15) is 40.5 Å². The van der Waals surface area contributed by atoms with E-state index in [0.29, 0.717) is 19.4 Å². The highest BCUT2D eigenvalue weighted by atomic mass is 35.6. The predicted octanol–water partition coefficient (Wildman–Crippen LogP) is 3.05. The second-order valence-electron chi connectivity index (χ2n) is 7.21. The molecule has 26 heavy (non-hydrogen) atoms. The van der Waals surface area contributed by atoms with Gasteiger partial charge in [0.1, 0.15) is 18.2 Å². The molecule has 0 unspecified atom stereocenters. The monoisotopic (exact) mass is 430 g/mol. The molecule has 2 amide bonds. The summed E-state index contributed by atoms with van der Waals surface area (Å²) >= 11 is 16.7. The van der Waals surface area contributed by atoms with Crippen LogP contribution in [0.3, 0.4) is 0 Å². The number of carbonyl (C=O) groups is 3. The Morgan fingerprint density at radius 3 is 2.38 bits per heavy atom. The number of rotatable bonds is 4. The van der Waals surface area contributed by atoms with Crippen molar-refractivity contribution < 1.29 is 23.9 Å². The highest BCUT2D eigenvalue weighted by Crippen LogP contribution is 2.27. The van der Waals surface area contributed by atoms with Crippen LogP contribution in [0.15, 0.2) is 0 Å². The smallest absolute Gasteiger partial charge is 0.408 e. The topological polar surface area (TPSA) is 84.9 Å². The van der Waals surface area contributed by atoms with Crippen molar-refractivity contribution in [1.29, 1.82) is 0 Å². The number of nitrogens with zero attached hydrogens (tertiary/aromatic N) is 1. The number of alkyl carbamates (subject to hydrolysis) is 1. The van der Waals surface area contributed by atoms with Gasteiger partial charge in [-0.3, -0.25) is 9.59 Å². The van der Waals surface area contributed by atoms with Crippen molar-refractivity contribution in [3.8, 4) is 0 Å². The number of ether oxygens (including phenoxy) is 2. The third-order valence-electron chi connectivity index (χ3n) is 3.55. The molecule has 2 atom stereocenters. The first-order valence-electron chi connectivity index (χ1n) is 8.30. The summed E-state index contributed by atoms with van der Waals surface area (Å²) in [6.07, 6.45) is 0.545. The Balaban J connectivity index is 2.56. The van der Waals surface area contributed by atoms with Gasteiger partial charge in [0.05, 0.1) is 5.92 Å². The summed E-state index contributed by atoms with van der Waals surface area (Å²) < 4.78 is 8.45. The van der Waals surface area contributed by atoms with Crippen LogP contribution >= 0.6 is 34.8 Å². The molecule has 0 aromatic rings. The van der Waals surface area contributed by atoms with Gasteiger partial charge in [-0.05, 0) is 40.5 Å². The summed E-state index contributed by atoms with van der Waals surface area (Å²) in [6.45, 7) is 7.10. The largest absolute Gasteiger partial charge is 0.461 e. The van der Waals surface area contributed by atoms with Gasteiger partial charge in [0.25, 0.3) is 0 Å². The summed E-state index contributed by atoms with van der Waals surface area (Å²) in [5, 5.41) is 2.50. The number of hydrogen-bond acceptors (Lipinski definition) is 5. The first-order chi connectivity index (χ1) is 11.8. The van der Waals surface area contributed by atoms with Crippen molar-refractivity contribution in [3.05, 3.63) is 0 Å². The van der Waals surface area contributed by atoms with Crippen LogP contribution in [0.25, 0.3) is 0 Å². The Bertz CT molecular complexity index is 531. The van der Waals surface area contributed by atoms with Gasteiger partial charge in [-0.2, -0.15) is 0 Å². The third kappa shape index (κ3) is 8.64. The molecule has 1 saturated heterocycles. The first-order valence-corrected chi connectivity index (χ1v) is 9.43. The van der Waals surface area contributed by atoms with E-state index in [0.717, 1.165) is 0 Å². The average molecular weight is 432 g/mol. The fraction of sp³-hybridized carbons (Fsp3) is 0.812. The summed E-state index contributed by atoms with van der Waals surface area (Å²) in [5.41, 5.74) is -0.657. The molecule has 1 heterocycles. The third-order valence-corrected chi connectivity index (χ3v) is 3.88. The molecule has 1 rings (SSSR count). The van der Waals surface area contributed by atoms with Crippen molar-refractivity contribution in [1.82, 2.24) is 10.2 Å². The van der Waals surface area contributed by atoms with Crippen molar-refractivity contribution in [3.63, 3.8) is 0 Å². The van der Waals surface area contributed by atoms with E-state index in [1.807, 2.05) is 0 Å². The maximum atomic E-state index is 12.5. The Kier molecular flexibility index (Phi) is 8.30. The Morgan fingerprint density at radius 2 is 1.85 bits per heavy atom. The lowest BCUT2D eigenvalue weighted by atomic mass is 9.97. The summed E-state index contributed by atoms with van der Waals surface area (Å²) in [5.74, 6) is -1.30. The molecular formula is C16H25Cl3N2O5. The van der Waals surface area contributed by atoms with Gasteiger partial charge >= 0.3 is 12.1 Å². The highest BCUT2D eigenvalue weighted by molar-refractivity contribution is 6.67. The Morgan fingerprint density at radius 1 is 1.23 bits per heavy atom. The van der Waals surface area contributed by atoms with E-state index in [1.54, 1.807) is 27.7 Å². The van der Waals surface area contributed by atoms with E-state index in [2.05, 4.69) is 5.32 Å². The van der Waals surface area contributed by atoms with E-state index in [4.69, 9.17) is 44.3 Å². The van der Waals surface area contributed by atoms with Gasteiger partial charge in [-0.25, -0.2) is 4.79 Å². The molecule has 0 aliphatic carbocycles. The van der Waals surface area contributed by atoms with Crippen LogP contribution in [0.4, 0.5) is 4.79 Å². The lowest BCUT2D eigenvalue weighted by Gasteiger charge is -2.33. The van der Waals surface area contributed by atoms with Crippen molar-refractivity contribution in [2.45, 2.75) is 56.0 Å². The molecule has 0 spiro atoms. The van der Waals surface area contributed by atoms with Crippen LogP contribution < -0.4 is 5.32 Å². The molecule has 0 saturated carbocycles. The zero-order valence-electron chi connectivity index (χ0n) is 15.3. The number of halogens is 3. The molecular weight excluding hydrogens is 407 g/mol. The van der Waals surface area contributed by atoms with Crippen LogP contribution in [0.5, 0.6) is 0 Å².